The van der Waals surface area contributed by atoms with Crippen LogP contribution in [-0.2, 0) is 4.74 Å². The maximum Gasteiger partial charge on any atom is 0.341 e. The van der Waals surface area contributed by atoms with Crippen molar-refractivity contribution in [3.63, 3.8) is 0 Å². The van der Waals surface area contributed by atoms with Crippen molar-refractivity contribution in [1.29, 1.82) is 0 Å². The Balaban J connectivity index is 2.72. The van der Waals surface area contributed by atoms with Gasteiger partial charge in [-0.2, -0.15) is 0 Å². The Morgan fingerprint density at radius 1 is 1.42 bits per heavy atom. The summed E-state index contributed by atoms with van der Waals surface area (Å²) in [6.45, 7) is 1.87. The fourth-order valence-corrected chi connectivity index (χ4v) is 1.87. The number of rotatable bonds is 3. The molecule has 0 spiro atoms. The second-order valence-electron chi connectivity index (χ2n) is 3.80. The molecule has 0 bridgehead atoms. The normalized spacial score (nSPS) is 10.5. The number of pyridine rings is 1. The molecule has 0 aliphatic carbocycles. The van der Waals surface area contributed by atoms with Gasteiger partial charge in [-0.05, 0) is 6.92 Å². The van der Waals surface area contributed by atoms with Crippen molar-refractivity contribution in [2.45, 2.75) is 6.92 Å². The molecule has 0 atom stereocenters. The highest BCUT2D eigenvalue weighted by atomic mass is 19.1. The van der Waals surface area contributed by atoms with E-state index in [4.69, 9.17) is 4.74 Å². The molecule has 19 heavy (non-hydrogen) atoms. The van der Waals surface area contributed by atoms with Crippen LogP contribution in [-0.4, -0.2) is 24.6 Å². The molecule has 1 heterocycles. The summed E-state index contributed by atoms with van der Waals surface area (Å²) < 4.78 is 31.8. The van der Waals surface area contributed by atoms with E-state index < -0.39 is 17.6 Å². The Morgan fingerprint density at radius 3 is 2.79 bits per heavy atom. The largest absolute Gasteiger partial charge is 0.462 e. The lowest BCUT2D eigenvalue weighted by Crippen LogP contribution is -2.09. The molecule has 1 N–H and O–H groups in total. The smallest absolute Gasteiger partial charge is 0.341 e. The Labute approximate surface area is 108 Å². The minimum Gasteiger partial charge on any atom is -0.462 e. The summed E-state index contributed by atoms with van der Waals surface area (Å²) in [4.78, 5) is 15.6. The summed E-state index contributed by atoms with van der Waals surface area (Å²) in [7, 11) is 1.54. The van der Waals surface area contributed by atoms with E-state index >= 15 is 0 Å². The lowest BCUT2D eigenvalue weighted by Gasteiger charge is -2.11. The molecule has 0 radical (unpaired) electrons. The quantitative estimate of drug-likeness (QED) is 0.868. The first-order valence-corrected chi connectivity index (χ1v) is 5.71. The lowest BCUT2D eigenvalue weighted by atomic mass is 10.1. The zero-order chi connectivity index (χ0) is 14.0. The molecule has 2 rings (SSSR count). The summed E-state index contributed by atoms with van der Waals surface area (Å²) in [5.41, 5.74) is 0.484. The molecular formula is C13H12F2N2O2. The number of hydrogen-bond acceptors (Lipinski definition) is 4. The number of ether oxygens (including phenoxy) is 1. The van der Waals surface area contributed by atoms with Gasteiger partial charge in [0.1, 0.15) is 17.2 Å². The van der Waals surface area contributed by atoms with Crippen molar-refractivity contribution in [2.24, 2.45) is 0 Å². The number of anilines is 1. The molecule has 0 aliphatic heterocycles. The predicted octanol–water partition coefficient (Wildman–Crippen LogP) is 2.73. The maximum atomic E-state index is 13.9. The van der Waals surface area contributed by atoms with E-state index in [1.54, 1.807) is 14.0 Å². The van der Waals surface area contributed by atoms with Gasteiger partial charge in [0, 0.05) is 25.4 Å². The van der Waals surface area contributed by atoms with Crippen molar-refractivity contribution >= 4 is 22.6 Å². The average molecular weight is 266 g/mol. The van der Waals surface area contributed by atoms with E-state index in [0.717, 1.165) is 12.1 Å². The molecule has 6 heteroatoms. The van der Waals surface area contributed by atoms with Crippen molar-refractivity contribution in [3.05, 3.63) is 35.5 Å². The summed E-state index contributed by atoms with van der Waals surface area (Å²) >= 11 is 0. The molecule has 0 saturated carbocycles. The zero-order valence-corrected chi connectivity index (χ0v) is 10.5. The number of benzene rings is 1. The Kier molecular flexibility index (Phi) is 3.59. The van der Waals surface area contributed by atoms with E-state index in [-0.39, 0.29) is 28.8 Å². The second kappa shape index (κ2) is 5.17. The van der Waals surface area contributed by atoms with E-state index in [1.165, 1.54) is 6.20 Å². The van der Waals surface area contributed by atoms with Gasteiger partial charge in [-0.1, -0.05) is 0 Å². The molecule has 1 aromatic heterocycles. The zero-order valence-electron chi connectivity index (χ0n) is 10.5. The first-order chi connectivity index (χ1) is 9.08. The number of esters is 1. The molecular weight excluding hydrogens is 254 g/mol. The number of carbonyl (C=O) groups excluding carboxylic acids is 1. The van der Waals surface area contributed by atoms with Crippen molar-refractivity contribution < 1.29 is 18.3 Å². The summed E-state index contributed by atoms with van der Waals surface area (Å²) in [6, 6.07) is 1.86. The van der Waals surface area contributed by atoms with Crippen LogP contribution < -0.4 is 5.32 Å². The van der Waals surface area contributed by atoms with Crippen LogP contribution in [0.15, 0.2) is 18.3 Å². The van der Waals surface area contributed by atoms with E-state index in [1.807, 2.05) is 0 Å². The molecule has 0 unspecified atom stereocenters. The average Bonchev–Trinajstić information content (AvgIpc) is 2.37. The fraction of sp³-hybridized carbons (Fsp3) is 0.231. The van der Waals surface area contributed by atoms with Crippen LogP contribution in [0.5, 0.6) is 0 Å². The summed E-state index contributed by atoms with van der Waals surface area (Å²) in [6.07, 6.45) is 1.24. The van der Waals surface area contributed by atoms with Crippen LogP contribution in [0, 0.1) is 11.6 Å². The number of nitrogens with one attached hydrogen (secondary N) is 1. The number of hydrogen-bond donors (Lipinski definition) is 1. The highest BCUT2D eigenvalue weighted by Gasteiger charge is 2.18. The molecule has 100 valence electrons. The number of nitrogens with zero attached hydrogens (tertiary/aromatic N) is 1. The van der Waals surface area contributed by atoms with Gasteiger partial charge < -0.3 is 10.1 Å². The number of fused-ring (bicyclic) bond motifs is 1. The van der Waals surface area contributed by atoms with Crippen LogP contribution in [0.25, 0.3) is 10.9 Å². The van der Waals surface area contributed by atoms with Gasteiger partial charge in [0.15, 0.2) is 0 Å². The Morgan fingerprint density at radius 2 is 2.16 bits per heavy atom. The molecule has 4 nitrogen and oxygen atoms in total. The number of halogens is 2. The topological polar surface area (TPSA) is 51.2 Å². The second-order valence-corrected chi connectivity index (χ2v) is 3.80. The van der Waals surface area contributed by atoms with E-state index in [0.29, 0.717) is 0 Å². The van der Waals surface area contributed by atoms with Crippen LogP contribution in [0.3, 0.4) is 0 Å². The first kappa shape index (κ1) is 13.2. The van der Waals surface area contributed by atoms with Crippen LogP contribution >= 0.6 is 0 Å². The van der Waals surface area contributed by atoms with Gasteiger partial charge in [-0.3, -0.25) is 4.98 Å². The predicted molar refractivity (Wildman–Crippen MR) is 67.2 cm³/mol. The number of carbonyl (C=O) groups is 1. The maximum absolute atomic E-state index is 13.9. The minimum absolute atomic E-state index is 0.0643. The first-order valence-electron chi connectivity index (χ1n) is 5.71. The van der Waals surface area contributed by atoms with Crippen molar-refractivity contribution in [1.82, 2.24) is 4.98 Å². The minimum atomic E-state index is -0.780. The van der Waals surface area contributed by atoms with Crippen molar-refractivity contribution in [3.8, 4) is 0 Å². The summed E-state index contributed by atoms with van der Waals surface area (Å²) in [5, 5.41) is 2.80. The fourth-order valence-electron chi connectivity index (χ4n) is 1.87. The van der Waals surface area contributed by atoms with Gasteiger partial charge in [-0.15, -0.1) is 0 Å². The summed E-state index contributed by atoms with van der Waals surface area (Å²) in [5.74, 6) is -2.11. The molecule has 0 fully saturated rings. The third-order valence-corrected chi connectivity index (χ3v) is 2.63. The third-order valence-electron chi connectivity index (χ3n) is 2.63. The highest BCUT2D eigenvalue weighted by Crippen LogP contribution is 2.29. The van der Waals surface area contributed by atoms with E-state index in [2.05, 4.69) is 10.3 Å². The van der Waals surface area contributed by atoms with Crippen LogP contribution in [0.2, 0.25) is 0 Å². The van der Waals surface area contributed by atoms with Gasteiger partial charge >= 0.3 is 5.97 Å². The lowest BCUT2D eigenvalue weighted by molar-refractivity contribution is 0.0527. The molecule has 0 aliphatic rings. The molecule has 0 amide bonds. The standard InChI is InChI=1S/C13H12F2N2O2/c1-3-19-13(18)8-6-17-10-5-7(14)4-9(15)11(10)12(8)16-2/h4-6H,3H2,1-2H3,(H,16,17). The Bertz CT molecular complexity index is 644. The highest BCUT2D eigenvalue weighted by molar-refractivity contribution is 6.05. The van der Waals surface area contributed by atoms with Crippen LogP contribution in [0.4, 0.5) is 14.5 Å². The molecule has 0 saturated heterocycles. The van der Waals surface area contributed by atoms with Gasteiger partial charge in [0.05, 0.1) is 23.2 Å². The monoisotopic (exact) mass is 266 g/mol. The molecule has 1 aromatic carbocycles. The number of aromatic nitrogens is 1. The SMILES string of the molecule is CCOC(=O)c1cnc2cc(F)cc(F)c2c1NC. The van der Waals surface area contributed by atoms with E-state index in [9.17, 15) is 13.6 Å². The Hall–Kier alpha value is -2.24. The van der Waals surface area contributed by atoms with Gasteiger partial charge in [-0.25, -0.2) is 13.6 Å². The molecule has 2 aromatic rings. The van der Waals surface area contributed by atoms with Crippen LogP contribution in [0.1, 0.15) is 17.3 Å². The van der Waals surface area contributed by atoms with Crippen molar-refractivity contribution in [2.75, 3.05) is 19.0 Å². The van der Waals surface area contributed by atoms with Gasteiger partial charge in [0.2, 0.25) is 0 Å². The van der Waals surface area contributed by atoms with Gasteiger partial charge in [0.25, 0.3) is 0 Å². The third kappa shape index (κ3) is 2.33.